The van der Waals surface area contributed by atoms with E-state index in [0.29, 0.717) is 11.4 Å². The molecule has 1 aromatic heterocycles. The standard InChI is InChI=1S/C15H11F3N2O2S/c1-23(21,22)14(10-19)9-13-3-2-8-20(13)12-6-4-11(5-7-12)15(16,17)18/h2-9H,1H3/b14-9+. The zero-order chi connectivity index (χ0) is 17.3. The Morgan fingerprint density at radius 2 is 1.83 bits per heavy atom. The normalized spacial score (nSPS) is 12.9. The Hall–Kier alpha value is -2.53. The van der Waals surface area contributed by atoms with Gasteiger partial charge in [0.25, 0.3) is 0 Å². The lowest BCUT2D eigenvalue weighted by atomic mass is 10.2. The van der Waals surface area contributed by atoms with Crippen molar-refractivity contribution in [1.82, 2.24) is 4.57 Å². The summed E-state index contributed by atoms with van der Waals surface area (Å²) < 4.78 is 62.1. The third-order valence-electron chi connectivity index (χ3n) is 3.04. The Bertz CT molecular complexity index is 886. The number of hydrogen-bond acceptors (Lipinski definition) is 3. The maximum atomic E-state index is 12.6. The minimum Gasteiger partial charge on any atom is -0.317 e. The number of nitriles is 1. The lowest BCUT2D eigenvalue weighted by molar-refractivity contribution is -0.137. The molecule has 0 radical (unpaired) electrons. The first-order valence-electron chi connectivity index (χ1n) is 6.30. The van der Waals surface area contributed by atoms with E-state index >= 15 is 0 Å². The molecular formula is C15H11F3N2O2S. The number of rotatable bonds is 3. The summed E-state index contributed by atoms with van der Waals surface area (Å²) in [6, 6.07) is 9.16. The van der Waals surface area contributed by atoms with Crippen LogP contribution in [0.3, 0.4) is 0 Å². The van der Waals surface area contributed by atoms with Crippen molar-refractivity contribution in [2.75, 3.05) is 6.26 Å². The first-order chi connectivity index (χ1) is 10.6. The van der Waals surface area contributed by atoms with Crippen LogP contribution in [0.15, 0.2) is 47.5 Å². The molecule has 0 saturated heterocycles. The SMILES string of the molecule is CS(=O)(=O)/C(C#N)=C/c1cccn1-c1ccc(C(F)(F)F)cc1. The molecule has 1 aromatic carbocycles. The molecule has 0 amide bonds. The summed E-state index contributed by atoms with van der Waals surface area (Å²) in [4.78, 5) is -0.427. The highest BCUT2D eigenvalue weighted by Gasteiger charge is 2.30. The van der Waals surface area contributed by atoms with E-state index in [1.54, 1.807) is 24.4 Å². The van der Waals surface area contributed by atoms with Crippen LogP contribution >= 0.6 is 0 Å². The van der Waals surface area contributed by atoms with Gasteiger partial charge in [0.15, 0.2) is 9.84 Å². The van der Waals surface area contributed by atoms with E-state index in [-0.39, 0.29) is 0 Å². The molecule has 23 heavy (non-hydrogen) atoms. The first kappa shape index (κ1) is 16.8. The van der Waals surface area contributed by atoms with Gasteiger partial charge in [-0.3, -0.25) is 0 Å². The highest BCUT2D eigenvalue weighted by Crippen LogP contribution is 2.30. The van der Waals surface area contributed by atoms with Crippen LogP contribution in [0.5, 0.6) is 0 Å². The fourth-order valence-corrected chi connectivity index (χ4v) is 2.42. The van der Waals surface area contributed by atoms with Crippen LogP contribution in [0.1, 0.15) is 11.3 Å². The van der Waals surface area contributed by atoms with Gasteiger partial charge in [0.1, 0.15) is 11.0 Å². The predicted molar refractivity (Wildman–Crippen MR) is 79.2 cm³/mol. The summed E-state index contributed by atoms with van der Waals surface area (Å²) in [5, 5.41) is 8.92. The van der Waals surface area contributed by atoms with Crippen molar-refractivity contribution < 1.29 is 21.6 Å². The Labute approximate surface area is 131 Å². The van der Waals surface area contributed by atoms with E-state index in [9.17, 15) is 21.6 Å². The summed E-state index contributed by atoms with van der Waals surface area (Å²) in [6.07, 6.45) is -0.783. The van der Waals surface area contributed by atoms with Crippen molar-refractivity contribution in [3.05, 3.63) is 58.8 Å². The smallest absolute Gasteiger partial charge is 0.317 e. The molecule has 0 saturated carbocycles. The van der Waals surface area contributed by atoms with Gasteiger partial charge in [0.05, 0.1) is 5.56 Å². The second-order valence-corrected chi connectivity index (χ2v) is 6.72. The summed E-state index contributed by atoms with van der Waals surface area (Å²) in [5.74, 6) is 0. The predicted octanol–water partition coefficient (Wildman–Crippen LogP) is 3.41. The van der Waals surface area contributed by atoms with Crippen molar-refractivity contribution in [3.8, 4) is 11.8 Å². The Morgan fingerprint density at radius 1 is 1.22 bits per heavy atom. The van der Waals surface area contributed by atoms with Crippen LogP contribution in [-0.4, -0.2) is 19.2 Å². The third kappa shape index (κ3) is 3.81. The molecule has 0 aliphatic heterocycles. The molecule has 8 heteroatoms. The lowest BCUT2D eigenvalue weighted by Gasteiger charge is -2.10. The molecule has 1 heterocycles. The van der Waals surface area contributed by atoms with Gasteiger partial charge in [-0.2, -0.15) is 18.4 Å². The molecule has 0 bridgehead atoms. The second-order valence-electron chi connectivity index (χ2n) is 4.74. The van der Waals surface area contributed by atoms with Crippen LogP contribution in [0.2, 0.25) is 0 Å². The molecule has 2 aromatic rings. The van der Waals surface area contributed by atoms with Crippen LogP contribution in [0.25, 0.3) is 11.8 Å². The van der Waals surface area contributed by atoms with Gasteiger partial charge in [-0.25, -0.2) is 8.42 Å². The van der Waals surface area contributed by atoms with Gasteiger partial charge in [0, 0.05) is 23.8 Å². The molecule has 0 aliphatic rings. The monoisotopic (exact) mass is 340 g/mol. The highest BCUT2D eigenvalue weighted by molar-refractivity contribution is 7.95. The zero-order valence-corrected chi connectivity index (χ0v) is 12.7. The first-order valence-corrected chi connectivity index (χ1v) is 8.19. The maximum absolute atomic E-state index is 12.6. The zero-order valence-electron chi connectivity index (χ0n) is 11.9. The Morgan fingerprint density at radius 3 is 2.30 bits per heavy atom. The molecule has 0 spiro atoms. The third-order valence-corrected chi connectivity index (χ3v) is 4.05. The second kappa shape index (κ2) is 5.93. The topological polar surface area (TPSA) is 62.9 Å². The number of benzene rings is 1. The number of allylic oxidation sites excluding steroid dienone is 1. The molecule has 0 unspecified atom stereocenters. The van der Waals surface area contributed by atoms with E-state index in [1.165, 1.54) is 22.8 Å². The fourth-order valence-electron chi connectivity index (χ4n) is 1.91. The number of nitrogens with zero attached hydrogens (tertiary/aromatic N) is 2. The molecule has 0 N–H and O–H groups in total. The summed E-state index contributed by atoms with van der Waals surface area (Å²) in [6.45, 7) is 0. The van der Waals surface area contributed by atoms with E-state index in [1.807, 2.05) is 0 Å². The number of halogens is 3. The van der Waals surface area contributed by atoms with E-state index in [4.69, 9.17) is 5.26 Å². The molecule has 2 rings (SSSR count). The molecular weight excluding hydrogens is 329 g/mol. The van der Waals surface area contributed by atoms with Gasteiger partial charge in [-0.05, 0) is 42.5 Å². The molecule has 0 atom stereocenters. The summed E-state index contributed by atoms with van der Waals surface area (Å²) in [7, 11) is -3.68. The van der Waals surface area contributed by atoms with Crippen molar-refractivity contribution in [1.29, 1.82) is 5.26 Å². The quantitative estimate of drug-likeness (QED) is 0.805. The Balaban J connectivity index is 2.47. The van der Waals surface area contributed by atoms with Gasteiger partial charge in [-0.1, -0.05) is 0 Å². The number of alkyl halides is 3. The largest absolute Gasteiger partial charge is 0.416 e. The van der Waals surface area contributed by atoms with Gasteiger partial charge < -0.3 is 4.57 Å². The lowest BCUT2D eigenvalue weighted by Crippen LogP contribution is -2.05. The van der Waals surface area contributed by atoms with Crippen LogP contribution in [0, 0.1) is 11.3 Å². The fraction of sp³-hybridized carbons (Fsp3) is 0.133. The highest BCUT2D eigenvalue weighted by atomic mass is 32.2. The molecule has 120 valence electrons. The minimum absolute atomic E-state index is 0.367. The average molecular weight is 340 g/mol. The van der Waals surface area contributed by atoms with E-state index < -0.39 is 26.5 Å². The van der Waals surface area contributed by atoms with Gasteiger partial charge in [-0.15, -0.1) is 0 Å². The van der Waals surface area contributed by atoms with Crippen molar-refractivity contribution in [2.24, 2.45) is 0 Å². The summed E-state index contributed by atoms with van der Waals surface area (Å²) >= 11 is 0. The number of sulfone groups is 1. The maximum Gasteiger partial charge on any atom is 0.416 e. The minimum atomic E-state index is -4.43. The van der Waals surface area contributed by atoms with Crippen molar-refractivity contribution >= 4 is 15.9 Å². The Kier molecular flexibility index (Phi) is 4.34. The summed E-state index contributed by atoms with van der Waals surface area (Å²) in [5.41, 5.74) is 0.00567. The van der Waals surface area contributed by atoms with E-state index in [0.717, 1.165) is 18.4 Å². The van der Waals surface area contributed by atoms with Gasteiger partial charge in [0.2, 0.25) is 0 Å². The van der Waals surface area contributed by atoms with Crippen LogP contribution in [0.4, 0.5) is 13.2 Å². The molecule has 0 aliphatic carbocycles. The number of aromatic nitrogens is 1. The van der Waals surface area contributed by atoms with Crippen molar-refractivity contribution in [2.45, 2.75) is 6.18 Å². The van der Waals surface area contributed by atoms with Crippen molar-refractivity contribution in [3.63, 3.8) is 0 Å². The average Bonchev–Trinajstić information content (AvgIpc) is 2.90. The number of hydrogen-bond donors (Lipinski definition) is 0. The van der Waals surface area contributed by atoms with Crippen LogP contribution in [-0.2, 0) is 16.0 Å². The van der Waals surface area contributed by atoms with Crippen LogP contribution < -0.4 is 0 Å². The van der Waals surface area contributed by atoms with Gasteiger partial charge >= 0.3 is 6.18 Å². The molecule has 0 fully saturated rings. The molecule has 4 nitrogen and oxygen atoms in total. The van der Waals surface area contributed by atoms with E-state index in [2.05, 4.69) is 0 Å².